The van der Waals surface area contributed by atoms with Crippen molar-refractivity contribution in [3.05, 3.63) is 0 Å². The van der Waals surface area contributed by atoms with Gasteiger partial charge in [0.05, 0.1) is 0 Å². The summed E-state index contributed by atoms with van der Waals surface area (Å²) in [5.74, 6) is 3.12. The van der Waals surface area contributed by atoms with Crippen LogP contribution in [-0.2, 0) is 0 Å². The van der Waals surface area contributed by atoms with Gasteiger partial charge < -0.3 is 10.6 Å². The van der Waals surface area contributed by atoms with Gasteiger partial charge in [0.1, 0.15) is 0 Å². The monoisotopic (exact) mass is 234 g/mol. The van der Waals surface area contributed by atoms with Gasteiger partial charge in [-0.1, -0.05) is 6.42 Å². The Labute approximate surface area is 105 Å². The molecule has 0 spiro atoms. The molecule has 2 heteroatoms. The van der Waals surface area contributed by atoms with E-state index in [1.807, 2.05) is 0 Å². The van der Waals surface area contributed by atoms with Crippen molar-refractivity contribution < 1.29 is 0 Å². The van der Waals surface area contributed by atoms with E-state index in [-0.39, 0.29) is 0 Å². The SMILES string of the molecule is C1CC2CNC(CNCC3(C4CC4)CC3)C2C1. The maximum absolute atomic E-state index is 3.80. The fraction of sp³-hybridized carbons (Fsp3) is 1.00. The second-order valence-corrected chi connectivity index (χ2v) is 7.14. The van der Waals surface area contributed by atoms with E-state index < -0.39 is 0 Å². The maximum atomic E-state index is 3.80. The van der Waals surface area contributed by atoms with Crippen LogP contribution in [0.15, 0.2) is 0 Å². The molecule has 96 valence electrons. The zero-order valence-electron chi connectivity index (χ0n) is 10.9. The van der Waals surface area contributed by atoms with Crippen molar-refractivity contribution in [1.29, 1.82) is 0 Å². The lowest BCUT2D eigenvalue weighted by Crippen LogP contribution is -2.40. The van der Waals surface area contributed by atoms with Crippen molar-refractivity contribution in [1.82, 2.24) is 10.6 Å². The summed E-state index contributed by atoms with van der Waals surface area (Å²) in [7, 11) is 0. The zero-order chi connectivity index (χ0) is 11.3. The smallest absolute Gasteiger partial charge is 0.0223 e. The highest BCUT2D eigenvalue weighted by atomic mass is 15.0. The van der Waals surface area contributed by atoms with Crippen LogP contribution < -0.4 is 10.6 Å². The van der Waals surface area contributed by atoms with E-state index >= 15 is 0 Å². The molecule has 0 aromatic heterocycles. The first-order valence-electron chi connectivity index (χ1n) is 7.81. The van der Waals surface area contributed by atoms with Crippen LogP contribution in [0.5, 0.6) is 0 Å². The predicted molar refractivity (Wildman–Crippen MR) is 69.9 cm³/mol. The molecule has 1 aliphatic heterocycles. The highest BCUT2D eigenvalue weighted by molar-refractivity contribution is 5.05. The van der Waals surface area contributed by atoms with Gasteiger partial charge in [0.2, 0.25) is 0 Å². The molecule has 0 amide bonds. The minimum Gasteiger partial charge on any atom is -0.315 e. The lowest BCUT2D eigenvalue weighted by molar-refractivity contribution is 0.355. The van der Waals surface area contributed by atoms with Crippen molar-refractivity contribution in [2.75, 3.05) is 19.6 Å². The quantitative estimate of drug-likeness (QED) is 0.762. The summed E-state index contributed by atoms with van der Waals surface area (Å²) in [6, 6.07) is 0.789. The van der Waals surface area contributed by atoms with Crippen molar-refractivity contribution in [2.45, 2.75) is 51.0 Å². The van der Waals surface area contributed by atoms with Crippen LogP contribution in [0.3, 0.4) is 0 Å². The van der Waals surface area contributed by atoms with Crippen molar-refractivity contribution in [2.24, 2.45) is 23.2 Å². The number of hydrogen-bond donors (Lipinski definition) is 2. The lowest BCUT2D eigenvalue weighted by atomic mass is 9.94. The third-order valence-corrected chi connectivity index (χ3v) is 6.05. The normalized spacial score (nSPS) is 42.7. The molecule has 4 fully saturated rings. The Morgan fingerprint density at radius 2 is 2.00 bits per heavy atom. The van der Waals surface area contributed by atoms with Gasteiger partial charge in [-0.3, -0.25) is 0 Å². The van der Waals surface area contributed by atoms with E-state index in [0.29, 0.717) is 0 Å². The molecule has 17 heavy (non-hydrogen) atoms. The standard InChI is InChI=1S/C15H26N2/c1-2-11-8-17-14(13(11)3-1)9-16-10-15(6-7-15)12-4-5-12/h11-14,16-17H,1-10H2. The van der Waals surface area contributed by atoms with Crippen molar-refractivity contribution in [3.8, 4) is 0 Å². The molecule has 2 nitrogen and oxygen atoms in total. The topological polar surface area (TPSA) is 24.1 Å². The molecule has 4 aliphatic rings. The van der Waals surface area contributed by atoms with E-state index in [1.165, 1.54) is 64.6 Å². The first-order chi connectivity index (χ1) is 8.37. The Hall–Kier alpha value is -0.0800. The molecule has 3 saturated carbocycles. The Balaban J connectivity index is 1.25. The largest absolute Gasteiger partial charge is 0.315 e. The molecule has 3 aliphatic carbocycles. The van der Waals surface area contributed by atoms with Crippen LogP contribution in [0, 0.1) is 23.2 Å². The van der Waals surface area contributed by atoms with Gasteiger partial charge in [0.25, 0.3) is 0 Å². The van der Waals surface area contributed by atoms with Crippen LogP contribution in [0.25, 0.3) is 0 Å². The lowest BCUT2D eigenvalue weighted by Gasteiger charge is -2.21. The summed E-state index contributed by atoms with van der Waals surface area (Å²) < 4.78 is 0. The minimum atomic E-state index is 0.772. The second kappa shape index (κ2) is 3.96. The third-order valence-electron chi connectivity index (χ3n) is 6.05. The van der Waals surface area contributed by atoms with Gasteiger partial charge in [0, 0.05) is 19.1 Å². The average Bonchev–Trinajstić information content (AvgIpc) is 3.20. The Bertz CT molecular complexity index is 293. The number of fused-ring (bicyclic) bond motifs is 1. The Kier molecular flexibility index (Phi) is 2.52. The number of nitrogens with one attached hydrogen (secondary N) is 2. The fourth-order valence-corrected chi connectivity index (χ4v) is 4.59. The summed E-state index contributed by atoms with van der Waals surface area (Å²) in [4.78, 5) is 0. The average molecular weight is 234 g/mol. The van der Waals surface area contributed by atoms with Crippen molar-refractivity contribution >= 4 is 0 Å². The van der Waals surface area contributed by atoms with Crippen LogP contribution >= 0.6 is 0 Å². The van der Waals surface area contributed by atoms with Gasteiger partial charge >= 0.3 is 0 Å². The fourth-order valence-electron chi connectivity index (χ4n) is 4.59. The summed E-state index contributed by atoms with van der Waals surface area (Å²) in [6.07, 6.45) is 10.5. The maximum Gasteiger partial charge on any atom is 0.0223 e. The molecule has 0 bridgehead atoms. The molecule has 0 aromatic rings. The van der Waals surface area contributed by atoms with E-state index in [2.05, 4.69) is 10.6 Å². The van der Waals surface area contributed by atoms with E-state index in [4.69, 9.17) is 0 Å². The highest BCUT2D eigenvalue weighted by Crippen LogP contribution is 2.60. The molecule has 1 saturated heterocycles. The second-order valence-electron chi connectivity index (χ2n) is 7.14. The molecule has 4 rings (SSSR count). The van der Waals surface area contributed by atoms with E-state index in [1.54, 1.807) is 0 Å². The number of hydrogen-bond acceptors (Lipinski definition) is 2. The molecular formula is C15H26N2. The van der Waals surface area contributed by atoms with Gasteiger partial charge in [-0.25, -0.2) is 0 Å². The summed E-state index contributed by atoms with van der Waals surface area (Å²) >= 11 is 0. The highest BCUT2D eigenvalue weighted by Gasteiger charge is 2.53. The summed E-state index contributed by atoms with van der Waals surface area (Å²) in [5, 5.41) is 7.55. The van der Waals surface area contributed by atoms with Crippen LogP contribution in [0.1, 0.15) is 44.9 Å². The molecule has 2 N–H and O–H groups in total. The molecule has 1 heterocycles. The minimum absolute atomic E-state index is 0.772. The first-order valence-corrected chi connectivity index (χ1v) is 7.81. The molecule has 3 atom stereocenters. The number of rotatable bonds is 5. The van der Waals surface area contributed by atoms with Gasteiger partial charge in [-0.15, -0.1) is 0 Å². The van der Waals surface area contributed by atoms with Gasteiger partial charge in [-0.2, -0.15) is 0 Å². The van der Waals surface area contributed by atoms with Gasteiger partial charge in [-0.05, 0) is 68.2 Å². The van der Waals surface area contributed by atoms with Crippen molar-refractivity contribution in [3.63, 3.8) is 0 Å². The Morgan fingerprint density at radius 3 is 2.76 bits per heavy atom. The van der Waals surface area contributed by atoms with Crippen LogP contribution in [0.2, 0.25) is 0 Å². The van der Waals surface area contributed by atoms with Gasteiger partial charge in [0.15, 0.2) is 0 Å². The van der Waals surface area contributed by atoms with E-state index in [0.717, 1.165) is 29.2 Å². The Morgan fingerprint density at radius 1 is 1.12 bits per heavy atom. The van der Waals surface area contributed by atoms with E-state index in [9.17, 15) is 0 Å². The first kappa shape index (κ1) is 10.8. The molecule has 3 unspecified atom stereocenters. The molecular weight excluding hydrogens is 208 g/mol. The summed E-state index contributed by atoms with van der Waals surface area (Å²) in [6.45, 7) is 3.84. The predicted octanol–water partition coefficient (Wildman–Crippen LogP) is 2.15. The third kappa shape index (κ3) is 1.94. The molecule has 0 radical (unpaired) electrons. The van der Waals surface area contributed by atoms with Crippen LogP contribution in [-0.4, -0.2) is 25.7 Å². The zero-order valence-corrected chi connectivity index (χ0v) is 10.9. The molecule has 0 aromatic carbocycles. The summed E-state index contributed by atoms with van der Waals surface area (Å²) in [5.41, 5.74) is 0.772. The van der Waals surface area contributed by atoms with Crippen LogP contribution in [0.4, 0.5) is 0 Å².